The Kier molecular flexibility index (Phi) is 8.41. The Labute approximate surface area is 114 Å². The van der Waals surface area contributed by atoms with Crippen LogP contribution in [0.1, 0.15) is 65.7 Å². The van der Waals surface area contributed by atoms with E-state index in [0.29, 0.717) is 0 Å². The normalized spacial score (nSPS) is 20.2. The molecule has 18 heavy (non-hydrogen) atoms. The zero-order valence-electron chi connectivity index (χ0n) is 12.2. The zero-order chi connectivity index (χ0) is 13.3. The van der Waals surface area contributed by atoms with Crippen LogP contribution in [0.25, 0.3) is 0 Å². The summed E-state index contributed by atoms with van der Waals surface area (Å²) in [6.07, 6.45) is 9.16. The molecule has 0 radical (unpaired) electrons. The minimum absolute atomic E-state index is 0.140. The van der Waals surface area contributed by atoms with Crippen molar-refractivity contribution in [3.05, 3.63) is 0 Å². The third kappa shape index (κ3) is 7.68. The van der Waals surface area contributed by atoms with Gasteiger partial charge in [-0.15, -0.1) is 0 Å². The number of unbranched alkanes of at least 4 members (excludes halogenated alkanes) is 6. The third-order valence-corrected chi connectivity index (χ3v) is 4.14. The first-order chi connectivity index (χ1) is 8.64. The quantitative estimate of drug-likeness (QED) is 0.435. The third-order valence-electron chi connectivity index (χ3n) is 3.07. The Morgan fingerprint density at radius 2 is 1.50 bits per heavy atom. The van der Waals surface area contributed by atoms with Crippen LogP contribution >= 0.6 is 8.60 Å². The summed E-state index contributed by atoms with van der Waals surface area (Å²) in [6, 6.07) is 0. The summed E-state index contributed by atoms with van der Waals surface area (Å²) in [7, 11) is -1.06. The van der Waals surface area contributed by atoms with Crippen molar-refractivity contribution >= 4 is 8.60 Å². The number of rotatable bonds is 9. The van der Waals surface area contributed by atoms with Crippen molar-refractivity contribution in [3.63, 3.8) is 0 Å². The highest BCUT2D eigenvalue weighted by Crippen LogP contribution is 2.46. The molecule has 0 unspecified atom stereocenters. The van der Waals surface area contributed by atoms with Crippen LogP contribution in [0.4, 0.5) is 0 Å². The van der Waals surface area contributed by atoms with Crippen molar-refractivity contribution in [2.24, 2.45) is 5.41 Å². The van der Waals surface area contributed by atoms with Gasteiger partial charge < -0.3 is 13.6 Å². The molecule has 1 heterocycles. The van der Waals surface area contributed by atoms with Crippen molar-refractivity contribution in [2.45, 2.75) is 65.7 Å². The topological polar surface area (TPSA) is 27.7 Å². The van der Waals surface area contributed by atoms with Crippen LogP contribution in [0.15, 0.2) is 0 Å². The van der Waals surface area contributed by atoms with E-state index in [1.54, 1.807) is 0 Å². The zero-order valence-corrected chi connectivity index (χ0v) is 13.1. The first-order valence-corrected chi connectivity index (χ1v) is 8.42. The molecular weight excluding hydrogens is 247 g/mol. The largest absolute Gasteiger partial charge is 0.332 e. The highest BCUT2D eigenvalue weighted by molar-refractivity contribution is 7.41. The van der Waals surface area contributed by atoms with E-state index in [9.17, 15) is 0 Å². The Bertz CT molecular complexity index is 199. The fraction of sp³-hybridized carbons (Fsp3) is 1.00. The fourth-order valence-corrected chi connectivity index (χ4v) is 3.22. The van der Waals surface area contributed by atoms with Crippen LogP contribution in [-0.2, 0) is 13.6 Å². The summed E-state index contributed by atoms with van der Waals surface area (Å²) in [5, 5.41) is 0. The first-order valence-electron chi connectivity index (χ1n) is 7.33. The van der Waals surface area contributed by atoms with Gasteiger partial charge in [-0.05, 0) is 6.42 Å². The lowest BCUT2D eigenvalue weighted by Gasteiger charge is -2.32. The maximum Gasteiger partial charge on any atom is 0.332 e. The van der Waals surface area contributed by atoms with E-state index in [1.165, 1.54) is 38.5 Å². The van der Waals surface area contributed by atoms with Gasteiger partial charge in [0.25, 0.3) is 0 Å². The molecule has 0 aliphatic carbocycles. The second-order valence-electron chi connectivity index (χ2n) is 5.89. The van der Waals surface area contributed by atoms with Gasteiger partial charge in [0, 0.05) is 5.41 Å². The molecule has 4 heteroatoms. The van der Waals surface area contributed by atoms with Crippen LogP contribution in [-0.4, -0.2) is 19.8 Å². The Morgan fingerprint density at radius 3 is 2.11 bits per heavy atom. The van der Waals surface area contributed by atoms with E-state index in [-0.39, 0.29) is 5.41 Å². The summed E-state index contributed by atoms with van der Waals surface area (Å²) in [6.45, 7) is 8.82. The smallest absolute Gasteiger partial charge is 0.312 e. The van der Waals surface area contributed by atoms with Crippen LogP contribution in [0.2, 0.25) is 0 Å². The van der Waals surface area contributed by atoms with Gasteiger partial charge in [0.1, 0.15) is 0 Å². The Balaban J connectivity index is 1.87. The molecule has 0 aromatic heterocycles. The monoisotopic (exact) mass is 276 g/mol. The van der Waals surface area contributed by atoms with E-state index in [4.69, 9.17) is 13.6 Å². The van der Waals surface area contributed by atoms with Crippen LogP contribution in [0, 0.1) is 5.41 Å². The Morgan fingerprint density at radius 1 is 0.944 bits per heavy atom. The van der Waals surface area contributed by atoms with Gasteiger partial charge in [0.05, 0.1) is 19.8 Å². The van der Waals surface area contributed by atoms with E-state index in [2.05, 4.69) is 20.8 Å². The van der Waals surface area contributed by atoms with Crippen LogP contribution in [0.3, 0.4) is 0 Å². The minimum Gasteiger partial charge on any atom is -0.312 e. The summed E-state index contributed by atoms with van der Waals surface area (Å²) >= 11 is 0. The number of hydrogen-bond acceptors (Lipinski definition) is 3. The maximum atomic E-state index is 5.62. The lowest BCUT2D eigenvalue weighted by molar-refractivity contribution is 0.0275. The van der Waals surface area contributed by atoms with Crippen LogP contribution in [0.5, 0.6) is 0 Å². The second kappa shape index (κ2) is 9.25. The average molecular weight is 276 g/mol. The molecule has 1 aliphatic heterocycles. The maximum absolute atomic E-state index is 5.62. The predicted octanol–water partition coefficient (Wildman–Crippen LogP) is 5.05. The molecule has 0 aromatic rings. The molecule has 0 amide bonds. The van der Waals surface area contributed by atoms with Gasteiger partial charge in [-0.1, -0.05) is 59.3 Å². The Hall–Kier alpha value is 0.310. The molecule has 0 atom stereocenters. The first kappa shape index (κ1) is 16.4. The van der Waals surface area contributed by atoms with Crippen molar-refractivity contribution in [3.8, 4) is 0 Å². The van der Waals surface area contributed by atoms with Gasteiger partial charge in [0.2, 0.25) is 0 Å². The van der Waals surface area contributed by atoms with Gasteiger partial charge in [0.15, 0.2) is 0 Å². The molecule has 1 rings (SSSR count). The van der Waals surface area contributed by atoms with Crippen molar-refractivity contribution in [2.75, 3.05) is 19.8 Å². The highest BCUT2D eigenvalue weighted by Gasteiger charge is 2.29. The second-order valence-corrected chi connectivity index (χ2v) is 7.11. The van der Waals surface area contributed by atoms with E-state index < -0.39 is 8.60 Å². The predicted molar refractivity (Wildman–Crippen MR) is 76.6 cm³/mol. The number of hydrogen-bond donors (Lipinski definition) is 0. The average Bonchev–Trinajstić information content (AvgIpc) is 2.34. The lowest BCUT2D eigenvalue weighted by Crippen LogP contribution is -2.28. The molecule has 3 nitrogen and oxygen atoms in total. The lowest BCUT2D eigenvalue weighted by atomic mass is 9.97. The summed E-state index contributed by atoms with van der Waals surface area (Å²) in [5.74, 6) is 0. The SMILES string of the molecule is CCCCCCCCCOP1OCC(C)(C)CO1. The summed E-state index contributed by atoms with van der Waals surface area (Å²) < 4.78 is 16.8. The summed E-state index contributed by atoms with van der Waals surface area (Å²) in [4.78, 5) is 0. The molecule has 1 aliphatic rings. The van der Waals surface area contributed by atoms with E-state index in [1.807, 2.05) is 0 Å². The molecule has 1 saturated heterocycles. The molecule has 0 N–H and O–H groups in total. The highest BCUT2D eigenvalue weighted by atomic mass is 31.2. The molecule has 0 bridgehead atoms. The fourth-order valence-electron chi connectivity index (χ4n) is 1.81. The van der Waals surface area contributed by atoms with Crippen molar-refractivity contribution in [1.29, 1.82) is 0 Å². The minimum atomic E-state index is -1.06. The standard InChI is InChI=1S/C14H29O3P/c1-4-5-6-7-8-9-10-11-15-18-16-12-14(2,3)13-17-18/h4-13H2,1-3H3. The van der Waals surface area contributed by atoms with Crippen molar-refractivity contribution < 1.29 is 13.6 Å². The molecule has 0 aromatic carbocycles. The molecule has 0 saturated carbocycles. The molecular formula is C14H29O3P. The molecule has 1 fully saturated rings. The summed E-state index contributed by atoms with van der Waals surface area (Å²) in [5.41, 5.74) is 0.140. The molecule has 0 spiro atoms. The molecule has 108 valence electrons. The van der Waals surface area contributed by atoms with Gasteiger partial charge in [-0.2, -0.15) is 0 Å². The van der Waals surface area contributed by atoms with E-state index in [0.717, 1.165) is 26.2 Å². The van der Waals surface area contributed by atoms with Crippen molar-refractivity contribution in [1.82, 2.24) is 0 Å². The van der Waals surface area contributed by atoms with Gasteiger partial charge in [-0.3, -0.25) is 0 Å². The van der Waals surface area contributed by atoms with Gasteiger partial charge in [-0.25, -0.2) is 0 Å². The van der Waals surface area contributed by atoms with Gasteiger partial charge >= 0.3 is 8.60 Å². The van der Waals surface area contributed by atoms with E-state index >= 15 is 0 Å². The van der Waals surface area contributed by atoms with Crippen LogP contribution < -0.4 is 0 Å².